The summed E-state index contributed by atoms with van der Waals surface area (Å²) in [5.74, 6) is -5.81. The first kappa shape index (κ1) is 43.8. The number of carbonyl (C=O) groups excluding carboxylic acids is 5. The van der Waals surface area contributed by atoms with Gasteiger partial charge in [0.1, 0.15) is 18.1 Å². The summed E-state index contributed by atoms with van der Waals surface area (Å²) < 4.78 is 67.0. The first-order chi connectivity index (χ1) is 25.5. The van der Waals surface area contributed by atoms with Crippen molar-refractivity contribution in [3.63, 3.8) is 0 Å². The molecule has 296 valence electrons. The lowest BCUT2D eigenvalue weighted by Crippen LogP contribution is -2.58. The summed E-state index contributed by atoms with van der Waals surface area (Å²) in [6.07, 6.45) is -2.24. The normalized spacial score (nSPS) is 13.4. The number of primary amides is 1. The molecule has 0 saturated carbocycles. The van der Waals surface area contributed by atoms with Crippen LogP contribution in [0.15, 0.2) is 71.9 Å². The van der Waals surface area contributed by atoms with Gasteiger partial charge in [-0.25, -0.2) is 8.42 Å². The summed E-state index contributed by atoms with van der Waals surface area (Å²) in [6, 6.07) is 5.54. The average Bonchev–Trinajstić information content (AvgIpc) is 3.10. The quantitative estimate of drug-likeness (QED) is 0.109. The minimum atomic E-state index is -5.01. The predicted molar refractivity (Wildman–Crippen MR) is 190 cm³/mol. The lowest BCUT2D eigenvalue weighted by atomic mass is 9.85. The summed E-state index contributed by atoms with van der Waals surface area (Å²) in [5.41, 5.74) is 3.69. The van der Waals surface area contributed by atoms with Crippen molar-refractivity contribution in [2.75, 3.05) is 13.1 Å². The second-order valence-corrected chi connectivity index (χ2v) is 15.1. The first-order valence-corrected chi connectivity index (χ1v) is 17.9. The molecular formula is C34H37ClF3N7O9S. The van der Waals surface area contributed by atoms with Gasteiger partial charge >= 0.3 is 12.1 Å². The number of nitrogens with one attached hydrogen (secondary N) is 5. The molecule has 3 rings (SSSR count). The molecule has 55 heavy (non-hydrogen) atoms. The zero-order valence-electron chi connectivity index (χ0n) is 29.4. The number of aliphatic carboxylic acids is 1. The number of hydrogen-bond donors (Lipinski definition) is 7. The van der Waals surface area contributed by atoms with E-state index in [0.717, 1.165) is 6.07 Å². The Kier molecular flexibility index (Phi) is 14.5. The monoisotopic (exact) mass is 811 g/mol. The fourth-order valence-electron chi connectivity index (χ4n) is 4.79. The molecule has 3 aromatic rings. The molecule has 0 unspecified atom stereocenters. The molecule has 5 amide bonds. The van der Waals surface area contributed by atoms with Crippen LogP contribution in [0.3, 0.4) is 0 Å². The third-order valence-electron chi connectivity index (χ3n) is 7.73. The van der Waals surface area contributed by atoms with Gasteiger partial charge in [-0.3, -0.25) is 33.8 Å². The molecule has 1 heterocycles. The summed E-state index contributed by atoms with van der Waals surface area (Å²) in [7, 11) is -4.87. The topological polar surface area (TPSA) is 256 Å². The lowest BCUT2D eigenvalue weighted by molar-refractivity contribution is -0.139. The zero-order chi connectivity index (χ0) is 41.3. The van der Waals surface area contributed by atoms with Crippen molar-refractivity contribution in [3.8, 4) is 0 Å². The Labute approximate surface area is 317 Å². The van der Waals surface area contributed by atoms with Crippen LogP contribution in [-0.2, 0) is 41.8 Å². The number of sulfonamides is 1. The van der Waals surface area contributed by atoms with Crippen molar-refractivity contribution in [3.05, 3.63) is 94.3 Å². The Balaban J connectivity index is 1.70. The fraction of sp³-hybridized carbons (Fsp3) is 0.324. The summed E-state index contributed by atoms with van der Waals surface area (Å²) in [4.78, 5) is 78.9. The Hall–Kier alpha value is -5.60. The van der Waals surface area contributed by atoms with E-state index in [4.69, 9.17) is 17.3 Å². The Bertz CT molecular complexity index is 2030. The van der Waals surface area contributed by atoms with Crippen LogP contribution < -0.4 is 31.7 Å². The number of halogens is 4. The predicted octanol–water partition coefficient (Wildman–Crippen LogP) is 1.39. The van der Waals surface area contributed by atoms with E-state index >= 15 is 0 Å². The molecule has 0 radical (unpaired) electrons. The summed E-state index contributed by atoms with van der Waals surface area (Å²) in [6.45, 7) is 3.31. The fourth-order valence-corrected chi connectivity index (χ4v) is 6.23. The molecule has 0 spiro atoms. The van der Waals surface area contributed by atoms with Crippen molar-refractivity contribution in [1.82, 2.24) is 31.0 Å². The van der Waals surface area contributed by atoms with Gasteiger partial charge in [0.05, 0.1) is 22.0 Å². The van der Waals surface area contributed by atoms with Gasteiger partial charge in [-0.05, 0) is 65.6 Å². The standard InChI is InChI=1S/C34H37ClF3N7O9S/c1-33(2,3)27(44-29(48)20-6-4-19(5-7-20)28(39)47)31(50)43-24(14-18-10-12-40-13-11-18)30(49)42-17-26(46)41-16-25(32(51)52)45-55(53,54)21-8-9-23(35)22(15-21)34(36,37)38/h4-13,15,24-25,27,45H,14,16-17H2,1-3H3,(H2,39,47)(H,41,46)(H,42,49)(H,43,50)(H,44,48)(H,51,52)/t24-,25-,27+/m0/s1. The molecule has 0 fully saturated rings. The molecule has 2 aromatic carbocycles. The number of carboxylic acid groups (broad SMARTS) is 1. The van der Waals surface area contributed by atoms with E-state index < -0.39 is 104 Å². The van der Waals surface area contributed by atoms with Gasteiger partial charge in [0.2, 0.25) is 33.7 Å². The van der Waals surface area contributed by atoms with E-state index in [1.54, 1.807) is 37.6 Å². The minimum absolute atomic E-state index is 0.106. The number of nitrogens with zero attached hydrogens (tertiary/aromatic N) is 1. The van der Waals surface area contributed by atoms with E-state index in [1.165, 1.54) is 36.7 Å². The number of rotatable bonds is 16. The average molecular weight is 812 g/mol. The maximum Gasteiger partial charge on any atom is 0.417 e. The van der Waals surface area contributed by atoms with Crippen LogP contribution in [0.2, 0.25) is 5.02 Å². The Morgan fingerprint density at radius 2 is 1.45 bits per heavy atom. The largest absolute Gasteiger partial charge is 0.480 e. The SMILES string of the molecule is CC(C)(C)[C@H](NC(=O)c1ccc(C(N)=O)cc1)C(=O)N[C@@H](Cc1ccncc1)C(=O)NCC(=O)NC[C@H](NS(=O)(=O)c1ccc(Cl)c(C(F)(F)F)c1)C(=O)O. The number of carboxylic acids is 1. The van der Waals surface area contributed by atoms with Crippen LogP contribution in [0, 0.1) is 5.41 Å². The molecule has 16 nitrogen and oxygen atoms in total. The van der Waals surface area contributed by atoms with Crippen LogP contribution >= 0.6 is 11.6 Å². The number of nitrogens with two attached hydrogens (primary N) is 1. The van der Waals surface area contributed by atoms with Gasteiger partial charge in [-0.15, -0.1) is 0 Å². The third kappa shape index (κ3) is 12.8. The van der Waals surface area contributed by atoms with E-state index in [0.29, 0.717) is 11.6 Å². The number of carbonyl (C=O) groups is 6. The Morgan fingerprint density at radius 1 is 0.855 bits per heavy atom. The second kappa shape index (κ2) is 18.2. The Morgan fingerprint density at radius 3 is 2.00 bits per heavy atom. The van der Waals surface area contributed by atoms with Gasteiger partial charge in [-0.2, -0.15) is 17.9 Å². The van der Waals surface area contributed by atoms with Crippen molar-refractivity contribution >= 4 is 57.1 Å². The number of amides is 5. The number of alkyl halides is 3. The van der Waals surface area contributed by atoms with Gasteiger partial charge in [0, 0.05) is 36.5 Å². The highest BCUT2D eigenvalue weighted by molar-refractivity contribution is 7.89. The summed E-state index contributed by atoms with van der Waals surface area (Å²) >= 11 is 5.53. The smallest absolute Gasteiger partial charge is 0.417 e. The van der Waals surface area contributed by atoms with E-state index in [9.17, 15) is 55.5 Å². The van der Waals surface area contributed by atoms with E-state index in [2.05, 4.69) is 26.3 Å². The van der Waals surface area contributed by atoms with Gasteiger partial charge in [0.15, 0.2) is 0 Å². The van der Waals surface area contributed by atoms with Gasteiger partial charge in [0.25, 0.3) is 5.91 Å². The summed E-state index contributed by atoms with van der Waals surface area (Å²) in [5, 5.41) is 18.4. The van der Waals surface area contributed by atoms with Crippen molar-refractivity contribution in [2.45, 2.75) is 56.4 Å². The maximum atomic E-state index is 13.7. The molecule has 0 aliphatic rings. The molecule has 0 saturated heterocycles. The number of pyridine rings is 1. The van der Waals surface area contributed by atoms with E-state index in [1.807, 2.05) is 0 Å². The van der Waals surface area contributed by atoms with Crippen molar-refractivity contribution in [2.24, 2.45) is 11.1 Å². The highest BCUT2D eigenvalue weighted by atomic mass is 35.5. The molecule has 3 atom stereocenters. The molecule has 0 aliphatic carbocycles. The van der Waals surface area contributed by atoms with Crippen LogP contribution in [0.5, 0.6) is 0 Å². The van der Waals surface area contributed by atoms with Gasteiger partial charge in [-0.1, -0.05) is 32.4 Å². The van der Waals surface area contributed by atoms with Crippen molar-refractivity contribution < 1.29 is 55.5 Å². The van der Waals surface area contributed by atoms with E-state index in [-0.39, 0.29) is 23.6 Å². The minimum Gasteiger partial charge on any atom is -0.480 e. The molecule has 8 N–H and O–H groups in total. The lowest BCUT2D eigenvalue weighted by Gasteiger charge is -2.32. The molecule has 21 heteroatoms. The van der Waals surface area contributed by atoms with Gasteiger partial charge < -0.3 is 32.1 Å². The van der Waals surface area contributed by atoms with Crippen LogP contribution in [0.1, 0.15) is 52.6 Å². The number of hydrogen-bond acceptors (Lipinski definition) is 9. The highest BCUT2D eigenvalue weighted by Crippen LogP contribution is 2.36. The van der Waals surface area contributed by atoms with Crippen LogP contribution in [-0.4, -0.2) is 85.2 Å². The first-order valence-electron chi connectivity index (χ1n) is 16.1. The van der Waals surface area contributed by atoms with Crippen LogP contribution in [0.4, 0.5) is 13.2 Å². The number of aromatic nitrogens is 1. The molecule has 1 aromatic heterocycles. The van der Waals surface area contributed by atoms with Crippen molar-refractivity contribution in [1.29, 1.82) is 0 Å². The number of benzene rings is 2. The molecule has 0 aliphatic heterocycles. The highest BCUT2D eigenvalue weighted by Gasteiger charge is 2.37. The maximum absolute atomic E-state index is 13.7. The molecular weight excluding hydrogens is 775 g/mol. The molecule has 0 bridgehead atoms. The van der Waals surface area contributed by atoms with Crippen LogP contribution in [0.25, 0.3) is 0 Å². The zero-order valence-corrected chi connectivity index (χ0v) is 30.9. The third-order valence-corrected chi connectivity index (χ3v) is 9.53. The second-order valence-electron chi connectivity index (χ2n) is 13.0.